The Balaban J connectivity index is 1.42. The fourth-order valence-corrected chi connectivity index (χ4v) is 4.59. The second kappa shape index (κ2) is 13.3. The average molecular weight is 519 g/mol. The Kier molecular flexibility index (Phi) is 9.66. The van der Waals surface area contributed by atoms with E-state index >= 15 is 0 Å². The van der Waals surface area contributed by atoms with Crippen molar-refractivity contribution in [2.45, 2.75) is 44.4 Å². The van der Waals surface area contributed by atoms with Crippen molar-refractivity contribution in [1.82, 2.24) is 20.2 Å². The van der Waals surface area contributed by atoms with Crippen molar-refractivity contribution in [2.24, 2.45) is 0 Å². The number of nitrogens with zero attached hydrogens (tertiary/aromatic N) is 2. The number of hydrogen-bond donors (Lipinski definition) is 3. The molecule has 38 heavy (non-hydrogen) atoms. The molecule has 1 fully saturated rings. The summed E-state index contributed by atoms with van der Waals surface area (Å²) in [6.45, 7) is 4.71. The van der Waals surface area contributed by atoms with Gasteiger partial charge in [0.05, 0.1) is 18.1 Å². The van der Waals surface area contributed by atoms with Gasteiger partial charge in [-0.1, -0.05) is 36.1 Å². The van der Waals surface area contributed by atoms with Gasteiger partial charge in [0.1, 0.15) is 6.67 Å². The third kappa shape index (κ3) is 7.51. The fraction of sp³-hybridized carbons (Fsp3) is 0.400. The summed E-state index contributed by atoms with van der Waals surface area (Å²) in [5.74, 6) is 5.95. The number of nitrogens with one attached hydrogen (secondary N) is 2. The van der Waals surface area contributed by atoms with Gasteiger partial charge >= 0.3 is 0 Å². The molecule has 200 valence electrons. The molecule has 0 bridgehead atoms. The number of H-pyrrole nitrogens is 1. The van der Waals surface area contributed by atoms with Gasteiger partial charge in [-0.05, 0) is 48.7 Å². The highest BCUT2D eigenvalue weighted by molar-refractivity contribution is 5.44. The summed E-state index contributed by atoms with van der Waals surface area (Å²) in [6.07, 6.45) is 3.03. The summed E-state index contributed by atoms with van der Waals surface area (Å²) >= 11 is 0. The lowest BCUT2D eigenvalue weighted by atomic mass is 9.92. The van der Waals surface area contributed by atoms with Crippen molar-refractivity contribution in [3.05, 3.63) is 93.2 Å². The summed E-state index contributed by atoms with van der Waals surface area (Å²) < 4.78 is 18.5. The molecule has 2 heterocycles. The van der Waals surface area contributed by atoms with Crippen LogP contribution in [0.15, 0.2) is 59.7 Å². The highest BCUT2D eigenvalue weighted by Crippen LogP contribution is 2.23. The number of aromatic amines is 1. The van der Waals surface area contributed by atoms with Crippen LogP contribution in [0.5, 0.6) is 5.75 Å². The molecular formula is C30H35FN4O3. The first kappa shape index (κ1) is 27.5. The molecular weight excluding hydrogens is 483 g/mol. The van der Waals surface area contributed by atoms with Crippen LogP contribution in [0.25, 0.3) is 0 Å². The van der Waals surface area contributed by atoms with Crippen LogP contribution >= 0.6 is 0 Å². The fourth-order valence-electron chi connectivity index (χ4n) is 4.59. The van der Waals surface area contributed by atoms with Crippen LogP contribution in [-0.4, -0.2) is 65.5 Å². The SMILES string of the molecule is CO[C@@H]1CCN(Cc2ccc(C#Cc3ccc(C(CNC(C)CF)Cc4nc[nH]c(=O)c4O)cc3)cc2)C1. The maximum absolute atomic E-state index is 13.0. The predicted molar refractivity (Wildman–Crippen MR) is 146 cm³/mol. The van der Waals surface area contributed by atoms with Crippen molar-refractivity contribution in [2.75, 3.05) is 33.4 Å². The summed E-state index contributed by atoms with van der Waals surface area (Å²) in [7, 11) is 1.78. The number of rotatable bonds is 10. The van der Waals surface area contributed by atoms with Crippen LogP contribution in [0.4, 0.5) is 4.39 Å². The summed E-state index contributed by atoms with van der Waals surface area (Å²) in [5, 5.41) is 13.3. The minimum Gasteiger partial charge on any atom is -0.502 e. The predicted octanol–water partition coefficient (Wildman–Crippen LogP) is 3.37. The van der Waals surface area contributed by atoms with E-state index in [1.54, 1.807) is 14.0 Å². The topological polar surface area (TPSA) is 90.5 Å². The molecule has 8 heteroatoms. The summed E-state index contributed by atoms with van der Waals surface area (Å²) in [5.41, 5.74) is 3.81. The quantitative estimate of drug-likeness (QED) is 0.357. The first-order valence-corrected chi connectivity index (χ1v) is 13.0. The van der Waals surface area contributed by atoms with Gasteiger partial charge in [-0.2, -0.15) is 0 Å². The van der Waals surface area contributed by atoms with Gasteiger partial charge in [0.15, 0.2) is 0 Å². The number of hydrogen-bond acceptors (Lipinski definition) is 6. The van der Waals surface area contributed by atoms with Crippen LogP contribution in [0.2, 0.25) is 0 Å². The maximum Gasteiger partial charge on any atom is 0.293 e. The highest BCUT2D eigenvalue weighted by atomic mass is 19.1. The molecule has 3 atom stereocenters. The highest BCUT2D eigenvalue weighted by Gasteiger charge is 2.21. The molecule has 1 saturated heterocycles. The van der Waals surface area contributed by atoms with E-state index in [2.05, 4.69) is 56.3 Å². The Morgan fingerprint density at radius 3 is 2.50 bits per heavy atom. The van der Waals surface area contributed by atoms with Gasteiger partial charge < -0.3 is 20.1 Å². The second-order valence-corrected chi connectivity index (χ2v) is 9.84. The molecule has 4 rings (SSSR count). The Hall–Kier alpha value is -3.51. The number of ether oxygens (including phenoxy) is 1. The number of methoxy groups -OCH3 is 1. The number of aromatic hydroxyl groups is 1. The second-order valence-electron chi connectivity index (χ2n) is 9.84. The Morgan fingerprint density at radius 1 is 1.18 bits per heavy atom. The molecule has 0 saturated carbocycles. The largest absolute Gasteiger partial charge is 0.502 e. The van der Waals surface area contributed by atoms with E-state index in [4.69, 9.17) is 4.74 Å². The standard InChI is InChI=1S/C30H35FN4O3/c1-21(16-31)32-17-26(15-28-29(36)30(37)34-20-33-28)25-11-9-23(10-12-25)4-3-22-5-7-24(8-6-22)18-35-14-13-27(19-35)38-2/h5-12,20-21,26-27,32,36H,13-19H2,1-2H3,(H,33,34,37)/t21?,26?,27-/m1/s1. The first-order chi connectivity index (χ1) is 18.4. The van der Waals surface area contributed by atoms with Crippen molar-refractivity contribution >= 4 is 0 Å². The monoisotopic (exact) mass is 518 g/mol. The zero-order chi connectivity index (χ0) is 26.9. The van der Waals surface area contributed by atoms with Crippen molar-refractivity contribution in [1.29, 1.82) is 0 Å². The van der Waals surface area contributed by atoms with Crippen LogP contribution in [-0.2, 0) is 17.7 Å². The summed E-state index contributed by atoms with van der Waals surface area (Å²) in [4.78, 5) is 20.7. The van der Waals surface area contributed by atoms with E-state index in [1.807, 2.05) is 24.3 Å². The molecule has 7 nitrogen and oxygen atoms in total. The van der Waals surface area contributed by atoms with E-state index in [9.17, 15) is 14.3 Å². The normalized spacial score (nSPS) is 17.1. The van der Waals surface area contributed by atoms with Gasteiger partial charge in [0.25, 0.3) is 5.56 Å². The lowest BCUT2D eigenvalue weighted by Gasteiger charge is -2.20. The molecule has 3 N–H and O–H groups in total. The van der Waals surface area contributed by atoms with Crippen molar-refractivity contribution in [3.8, 4) is 17.6 Å². The van der Waals surface area contributed by atoms with Crippen LogP contribution in [0.1, 0.15) is 47.2 Å². The van der Waals surface area contributed by atoms with Gasteiger partial charge in [0, 0.05) is 62.8 Å². The molecule has 2 unspecified atom stereocenters. The zero-order valence-electron chi connectivity index (χ0n) is 21.9. The Labute approximate surface area is 223 Å². The van der Waals surface area contributed by atoms with E-state index in [0.29, 0.717) is 24.8 Å². The van der Waals surface area contributed by atoms with Gasteiger partial charge in [0.2, 0.25) is 5.75 Å². The Morgan fingerprint density at radius 2 is 1.87 bits per heavy atom. The maximum atomic E-state index is 13.0. The summed E-state index contributed by atoms with van der Waals surface area (Å²) in [6, 6.07) is 15.9. The number of benzene rings is 2. The number of aromatic nitrogens is 2. The van der Waals surface area contributed by atoms with Gasteiger partial charge in [-0.3, -0.25) is 9.69 Å². The van der Waals surface area contributed by atoms with Crippen LogP contribution < -0.4 is 10.9 Å². The molecule has 0 amide bonds. The van der Waals surface area contributed by atoms with E-state index < -0.39 is 12.2 Å². The van der Waals surface area contributed by atoms with Crippen LogP contribution in [0.3, 0.4) is 0 Å². The molecule has 1 aromatic heterocycles. The minimum absolute atomic E-state index is 0.117. The number of alkyl halides is 1. The number of likely N-dealkylation sites (tertiary alicyclic amines) is 1. The van der Waals surface area contributed by atoms with E-state index in [-0.39, 0.29) is 17.7 Å². The average Bonchev–Trinajstić information content (AvgIpc) is 3.40. The van der Waals surface area contributed by atoms with Crippen molar-refractivity contribution in [3.63, 3.8) is 0 Å². The smallest absolute Gasteiger partial charge is 0.293 e. The van der Waals surface area contributed by atoms with Crippen LogP contribution in [0, 0.1) is 11.8 Å². The zero-order valence-corrected chi connectivity index (χ0v) is 21.9. The lowest BCUT2D eigenvalue weighted by Crippen LogP contribution is -2.32. The molecule has 1 aliphatic heterocycles. The first-order valence-electron chi connectivity index (χ1n) is 13.0. The Bertz CT molecular complexity index is 1300. The van der Waals surface area contributed by atoms with Gasteiger partial charge in [-0.25, -0.2) is 9.37 Å². The minimum atomic E-state index is -0.576. The number of halogens is 1. The van der Waals surface area contributed by atoms with E-state index in [0.717, 1.165) is 42.7 Å². The van der Waals surface area contributed by atoms with E-state index in [1.165, 1.54) is 11.9 Å². The lowest BCUT2D eigenvalue weighted by molar-refractivity contribution is 0.107. The molecule has 1 aliphatic rings. The molecule has 0 spiro atoms. The van der Waals surface area contributed by atoms with Gasteiger partial charge in [-0.15, -0.1) is 0 Å². The van der Waals surface area contributed by atoms with Crippen molar-refractivity contribution < 1.29 is 14.2 Å². The third-order valence-corrected chi connectivity index (χ3v) is 6.94. The molecule has 0 aliphatic carbocycles. The molecule has 3 aromatic rings. The third-order valence-electron chi connectivity index (χ3n) is 6.94. The molecule has 0 radical (unpaired) electrons. The molecule has 2 aromatic carbocycles.